The van der Waals surface area contributed by atoms with Gasteiger partial charge in [0.05, 0.1) is 13.7 Å². The van der Waals surface area contributed by atoms with Crippen LogP contribution < -0.4 is 9.47 Å². The molecule has 0 saturated carbocycles. The molecule has 2 aromatic rings. The van der Waals surface area contributed by atoms with E-state index in [1.165, 1.54) is 19.3 Å². The van der Waals surface area contributed by atoms with Crippen molar-refractivity contribution in [1.82, 2.24) is 19.7 Å². The summed E-state index contributed by atoms with van der Waals surface area (Å²) in [5.41, 5.74) is 0. The van der Waals surface area contributed by atoms with Crippen molar-refractivity contribution in [2.75, 3.05) is 26.8 Å². The summed E-state index contributed by atoms with van der Waals surface area (Å²) in [4.78, 5) is 6.53. The van der Waals surface area contributed by atoms with Gasteiger partial charge in [0.15, 0.2) is 11.5 Å². The Morgan fingerprint density at radius 2 is 2.09 bits per heavy atom. The van der Waals surface area contributed by atoms with Crippen LogP contribution in [0.25, 0.3) is 0 Å². The highest BCUT2D eigenvalue weighted by atomic mass is 16.5. The third-order valence-electron chi connectivity index (χ3n) is 4.32. The van der Waals surface area contributed by atoms with Gasteiger partial charge in [-0.25, -0.2) is 4.98 Å². The van der Waals surface area contributed by atoms with Crippen molar-refractivity contribution in [3.8, 4) is 11.5 Å². The lowest BCUT2D eigenvalue weighted by Gasteiger charge is -2.35. The zero-order valence-electron chi connectivity index (χ0n) is 13.6. The first-order valence-electron chi connectivity index (χ1n) is 8.19. The van der Waals surface area contributed by atoms with Crippen LogP contribution >= 0.6 is 0 Å². The fourth-order valence-electron chi connectivity index (χ4n) is 3.11. The third-order valence-corrected chi connectivity index (χ3v) is 4.32. The van der Waals surface area contributed by atoms with E-state index in [0.717, 1.165) is 31.1 Å². The molecule has 3 rings (SSSR count). The van der Waals surface area contributed by atoms with E-state index in [0.29, 0.717) is 12.6 Å². The summed E-state index contributed by atoms with van der Waals surface area (Å²) >= 11 is 0. The molecule has 124 valence electrons. The number of rotatable bonds is 7. The molecule has 2 heterocycles. The Kier molecular flexibility index (Phi) is 5.47. The summed E-state index contributed by atoms with van der Waals surface area (Å²) in [5, 5.41) is 4.23. The average molecular weight is 316 g/mol. The number of hydrogen-bond acceptors (Lipinski definition) is 5. The molecule has 1 fully saturated rings. The number of aromatic nitrogens is 3. The second kappa shape index (κ2) is 7.97. The van der Waals surface area contributed by atoms with Crippen LogP contribution in [0.3, 0.4) is 0 Å². The van der Waals surface area contributed by atoms with Crippen LogP contribution in [-0.2, 0) is 6.54 Å². The highest BCUT2D eigenvalue weighted by molar-refractivity contribution is 5.39. The van der Waals surface area contributed by atoms with Crippen molar-refractivity contribution in [1.29, 1.82) is 0 Å². The molecule has 1 aromatic carbocycles. The lowest BCUT2D eigenvalue weighted by molar-refractivity contribution is 0.108. The second-order valence-corrected chi connectivity index (χ2v) is 5.80. The fourth-order valence-corrected chi connectivity index (χ4v) is 3.11. The van der Waals surface area contributed by atoms with E-state index >= 15 is 0 Å². The molecule has 0 unspecified atom stereocenters. The van der Waals surface area contributed by atoms with Crippen LogP contribution in [0.4, 0.5) is 0 Å². The van der Waals surface area contributed by atoms with Crippen LogP contribution in [0.15, 0.2) is 36.9 Å². The van der Waals surface area contributed by atoms with Gasteiger partial charge in [-0.05, 0) is 31.5 Å². The highest BCUT2D eigenvalue weighted by Gasteiger charge is 2.22. The maximum absolute atomic E-state index is 5.91. The van der Waals surface area contributed by atoms with Crippen LogP contribution in [0.5, 0.6) is 11.5 Å². The van der Waals surface area contributed by atoms with E-state index in [4.69, 9.17) is 9.47 Å². The molecule has 0 N–H and O–H groups in total. The number of nitrogens with zero attached hydrogens (tertiary/aromatic N) is 4. The monoisotopic (exact) mass is 316 g/mol. The zero-order valence-corrected chi connectivity index (χ0v) is 13.6. The van der Waals surface area contributed by atoms with Crippen molar-refractivity contribution < 1.29 is 9.47 Å². The van der Waals surface area contributed by atoms with Gasteiger partial charge in [-0.2, -0.15) is 5.10 Å². The smallest absolute Gasteiger partial charge is 0.161 e. The molecule has 6 heteroatoms. The molecular weight excluding hydrogens is 292 g/mol. The lowest BCUT2D eigenvalue weighted by atomic mass is 10.0. The summed E-state index contributed by atoms with van der Waals surface area (Å²) in [5.74, 6) is 1.59. The summed E-state index contributed by atoms with van der Waals surface area (Å²) < 4.78 is 13.2. The number of benzene rings is 1. The average Bonchev–Trinajstić information content (AvgIpc) is 3.10. The van der Waals surface area contributed by atoms with Gasteiger partial charge in [-0.15, -0.1) is 0 Å². The molecule has 1 saturated heterocycles. The molecule has 6 nitrogen and oxygen atoms in total. The number of methoxy groups -OCH3 is 1. The van der Waals surface area contributed by atoms with Gasteiger partial charge < -0.3 is 9.47 Å². The van der Waals surface area contributed by atoms with Crippen molar-refractivity contribution in [2.24, 2.45) is 0 Å². The van der Waals surface area contributed by atoms with E-state index in [-0.39, 0.29) is 0 Å². The summed E-state index contributed by atoms with van der Waals surface area (Å²) in [6, 6.07) is 8.29. The van der Waals surface area contributed by atoms with Crippen molar-refractivity contribution in [2.45, 2.75) is 31.8 Å². The van der Waals surface area contributed by atoms with Gasteiger partial charge in [0.25, 0.3) is 0 Å². The third kappa shape index (κ3) is 4.22. The first-order valence-corrected chi connectivity index (χ1v) is 8.19. The number of piperidine rings is 1. The van der Waals surface area contributed by atoms with E-state index < -0.39 is 0 Å². The van der Waals surface area contributed by atoms with E-state index in [1.807, 2.05) is 28.9 Å². The first-order chi connectivity index (χ1) is 11.4. The predicted octanol–water partition coefficient (Wildman–Crippen LogP) is 2.22. The van der Waals surface area contributed by atoms with Crippen molar-refractivity contribution in [3.05, 3.63) is 36.9 Å². The maximum atomic E-state index is 5.91. The van der Waals surface area contributed by atoms with Crippen molar-refractivity contribution >= 4 is 0 Å². The Labute approximate surface area is 137 Å². The predicted molar refractivity (Wildman–Crippen MR) is 87.7 cm³/mol. The van der Waals surface area contributed by atoms with E-state index in [2.05, 4.69) is 15.0 Å². The lowest BCUT2D eigenvalue weighted by Crippen LogP contribution is -2.44. The minimum absolute atomic E-state index is 0.506. The standard InChI is InChI=1S/C17H24N4O2/c1-22-16-7-2-3-8-17(16)23-11-10-20-9-5-4-6-15(20)12-21-14-18-13-19-21/h2-3,7-8,13-15H,4-6,9-12H2,1H3/t15-/m1/s1. The minimum atomic E-state index is 0.506. The molecule has 1 aliphatic rings. The number of ether oxygens (including phenoxy) is 2. The Hall–Kier alpha value is -2.08. The molecule has 1 aliphatic heterocycles. The number of likely N-dealkylation sites (tertiary alicyclic amines) is 1. The van der Waals surface area contributed by atoms with Gasteiger partial charge >= 0.3 is 0 Å². The fraction of sp³-hybridized carbons (Fsp3) is 0.529. The molecule has 0 radical (unpaired) electrons. The van der Waals surface area contributed by atoms with Gasteiger partial charge in [0.2, 0.25) is 0 Å². The Balaban J connectivity index is 1.53. The van der Waals surface area contributed by atoms with Crippen LogP contribution in [0.2, 0.25) is 0 Å². The summed E-state index contributed by atoms with van der Waals surface area (Å²) in [6.07, 6.45) is 7.12. The second-order valence-electron chi connectivity index (χ2n) is 5.80. The summed E-state index contributed by atoms with van der Waals surface area (Å²) in [7, 11) is 1.67. The summed E-state index contributed by atoms with van der Waals surface area (Å²) in [6.45, 7) is 3.59. The topological polar surface area (TPSA) is 52.4 Å². The maximum Gasteiger partial charge on any atom is 0.161 e. The molecule has 0 amide bonds. The van der Waals surface area contributed by atoms with Crippen LogP contribution in [-0.4, -0.2) is 52.5 Å². The number of para-hydroxylation sites is 2. The van der Waals surface area contributed by atoms with Crippen LogP contribution in [0.1, 0.15) is 19.3 Å². The first kappa shape index (κ1) is 15.8. The zero-order chi connectivity index (χ0) is 15.9. The van der Waals surface area contributed by atoms with Crippen molar-refractivity contribution in [3.63, 3.8) is 0 Å². The van der Waals surface area contributed by atoms with Crippen LogP contribution in [0, 0.1) is 0 Å². The SMILES string of the molecule is COc1ccccc1OCCN1CCCC[C@@H]1Cn1cncn1. The Bertz CT molecular complexity index is 588. The molecule has 1 aromatic heterocycles. The van der Waals surface area contributed by atoms with Gasteiger partial charge in [-0.3, -0.25) is 9.58 Å². The highest BCUT2D eigenvalue weighted by Crippen LogP contribution is 2.26. The quantitative estimate of drug-likeness (QED) is 0.784. The molecular formula is C17H24N4O2. The Morgan fingerprint density at radius 1 is 1.22 bits per heavy atom. The molecule has 1 atom stereocenters. The molecule has 23 heavy (non-hydrogen) atoms. The largest absolute Gasteiger partial charge is 0.493 e. The molecule has 0 spiro atoms. The minimum Gasteiger partial charge on any atom is -0.493 e. The van der Waals surface area contributed by atoms with Gasteiger partial charge in [0, 0.05) is 12.6 Å². The van der Waals surface area contributed by atoms with E-state index in [1.54, 1.807) is 19.8 Å². The van der Waals surface area contributed by atoms with E-state index in [9.17, 15) is 0 Å². The number of hydrogen-bond donors (Lipinski definition) is 0. The van der Waals surface area contributed by atoms with Gasteiger partial charge in [-0.1, -0.05) is 18.6 Å². The van der Waals surface area contributed by atoms with Gasteiger partial charge in [0.1, 0.15) is 19.3 Å². The molecule has 0 aliphatic carbocycles. The normalized spacial score (nSPS) is 18.7. The Morgan fingerprint density at radius 3 is 2.87 bits per heavy atom. The molecule has 0 bridgehead atoms.